The van der Waals surface area contributed by atoms with Crippen LogP contribution in [0.2, 0.25) is 0 Å². The zero-order valence-corrected chi connectivity index (χ0v) is 15.9. The number of carbonyl (C=O) groups excluding carboxylic acids is 1. The molecular weight excluding hydrogens is 326 g/mol. The van der Waals surface area contributed by atoms with Crippen LogP contribution in [0, 0.1) is 39.9 Å². The van der Waals surface area contributed by atoms with Gasteiger partial charge in [0.1, 0.15) is 5.78 Å². The Morgan fingerprint density at radius 2 is 2.08 bits per heavy atom. The van der Waals surface area contributed by atoms with Gasteiger partial charge >= 0.3 is 0 Å². The first-order valence-corrected chi connectivity index (χ1v) is 10.6. The third kappa shape index (κ3) is 1.33. The number of carbonyl (C=O) groups is 1. The van der Waals surface area contributed by atoms with Crippen LogP contribution in [0.5, 0.6) is 0 Å². The lowest BCUT2D eigenvalue weighted by Crippen LogP contribution is -2.68. The van der Waals surface area contributed by atoms with Crippen LogP contribution in [-0.2, 0) is 4.79 Å². The van der Waals surface area contributed by atoms with Gasteiger partial charge in [-0.3, -0.25) is 9.69 Å². The summed E-state index contributed by atoms with van der Waals surface area (Å²) in [6.07, 6.45) is 3.50. The number of fused-ring (bicyclic) bond motifs is 1. The van der Waals surface area contributed by atoms with Crippen LogP contribution in [0.15, 0.2) is 12.2 Å². The van der Waals surface area contributed by atoms with Crippen LogP contribution in [-0.4, -0.2) is 52.2 Å². The van der Waals surface area contributed by atoms with E-state index in [0.717, 1.165) is 44.3 Å². The molecule has 6 rings (SSSR count). The highest BCUT2D eigenvalue weighted by atomic mass is 16.3. The zero-order chi connectivity index (χ0) is 18.2. The maximum Gasteiger partial charge on any atom is 0.140 e. The predicted octanol–water partition coefficient (Wildman–Crippen LogP) is 2.00. The molecule has 4 nitrogen and oxygen atoms in total. The number of piperidine rings is 1. The Morgan fingerprint density at radius 1 is 1.31 bits per heavy atom. The number of likely N-dealkylation sites (tertiary alicyclic amines) is 1. The van der Waals surface area contributed by atoms with E-state index in [0.29, 0.717) is 24.3 Å². The van der Waals surface area contributed by atoms with E-state index in [9.17, 15) is 15.0 Å². The maximum atomic E-state index is 13.0. The van der Waals surface area contributed by atoms with E-state index in [1.165, 1.54) is 0 Å². The van der Waals surface area contributed by atoms with Crippen molar-refractivity contribution in [2.24, 2.45) is 39.9 Å². The molecule has 0 aromatic heterocycles. The topological polar surface area (TPSA) is 60.8 Å². The molecule has 4 heteroatoms. The van der Waals surface area contributed by atoms with Gasteiger partial charge in [0.2, 0.25) is 0 Å². The normalized spacial score (nSPS) is 62.7. The van der Waals surface area contributed by atoms with Crippen LogP contribution in [0.1, 0.15) is 46.0 Å². The van der Waals surface area contributed by atoms with E-state index in [2.05, 4.69) is 25.3 Å². The summed E-state index contributed by atoms with van der Waals surface area (Å²) < 4.78 is 0. The van der Waals surface area contributed by atoms with Gasteiger partial charge in [-0.1, -0.05) is 20.4 Å². The number of ketones is 1. The fourth-order valence-corrected chi connectivity index (χ4v) is 9.75. The molecular formula is C22H31NO3. The number of nitrogens with zero attached hydrogens (tertiary/aromatic N) is 1. The largest absolute Gasteiger partial charge is 0.392 e. The second kappa shape index (κ2) is 4.47. The van der Waals surface area contributed by atoms with Crippen molar-refractivity contribution in [2.45, 2.75) is 64.2 Å². The summed E-state index contributed by atoms with van der Waals surface area (Å²) in [6.45, 7) is 10.9. The molecule has 26 heavy (non-hydrogen) atoms. The lowest BCUT2D eigenvalue weighted by Gasteiger charge is -2.65. The van der Waals surface area contributed by atoms with Crippen LogP contribution in [0.25, 0.3) is 0 Å². The van der Waals surface area contributed by atoms with Crippen molar-refractivity contribution in [3.8, 4) is 0 Å². The average Bonchev–Trinajstić information content (AvgIpc) is 3.14. The Kier molecular flexibility index (Phi) is 2.80. The van der Waals surface area contributed by atoms with Crippen LogP contribution in [0.4, 0.5) is 0 Å². The van der Waals surface area contributed by atoms with E-state index >= 15 is 0 Å². The van der Waals surface area contributed by atoms with Gasteiger partial charge in [-0.2, -0.15) is 0 Å². The summed E-state index contributed by atoms with van der Waals surface area (Å²) in [5.41, 5.74) is 0.598. The highest BCUT2D eigenvalue weighted by Crippen LogP contribution is 2.83. The second-order valence-electron chi connectivity index (χ2n) is 10.7. The van der Waals surface area contributed by atoms with Gasteiger partial charge in [-0.25, -0.2) is 0 Å². The van der Waals surface area contributed by atoms with Crippen molar-refractivity contribution >= 4 is 5.78 Å². The first-order chi connectivity index (χ1) is 12.3. The maximum absolute atomic E-state index is 13.0. The van der Waals surface area contributed by atoms with Gasteiger partial charge in [0, 0.05) is 35.8 Å². The molecule has 5 aliphatic carbocycles. The molecule has 2 N–H and O–H groups in total. The number of hydrogen-bond acceptors (Lipinski definition) is 4. The second-order valence-corrected chi connectivity index (χ2v) is 10.7. The highest BCUT2D eigenvalue weighted by Gasteiger charge is 2.85. The molecule has 0 radical (unpaired) electrons. The van der Waals surface area contributed by atoms with Gasteiger partial charge in [-0.15, -0.1) is 0 Å². The average molecular weight is 357 g/mol. The third-order valence-corrected chi connectivity index (χ3v) is 10.4. The third-order valence-electron chi connectivity index (χ3n) is 10.4. The molecule has 1 aliphatic heterocycles. The summed E-state index contributed by atoms with van der Waals surface area (Å²) in [7, 11) is 0. The minimum absolute atomic E-state index is 0.130. The summed E-state index contributed by atoms with van der Waals surface area (Å²) in [5.74, 6) is 1.16. The first kappa shape index (κ1) is 16.3. The smallest absolute Gasteiger partial charge is 0.140 e. The van der Waals surface area contributed by atoms with E-state index in [4.69, 9.17) is 0 Å². The summed E-state index contributed by atoms with van der Waals surface area (Å²) in [6, 6.07) is 0.331. The molecule has 7 bridgehead atoms. The minimum atomic E-state index is -0.561. The van der Waals surface area contributed by atoms with E-state index in [-0.39, 0.29) is 40.0 Å². The van der Waals surface area contributed by atoms with Gasteiger partial charge in [0.25, 0.3) is 0 Å². The molecule has 2 spiro atoms. The van der Waals surface area contributed by atoms with Gasteiger partial charge in [0.05, 0.1) is 12.2 Å². The van der Waals surface area contributed by atoms with Crippen molar-refractivity contribution < 1.29 is 15.0 Å². The Hall–Kier alpha value is -0.710. The van der Waals surface area contributed by atoms with Crippen molar-refractivity contribution in [2.75, 3.05) is 13.1 Å². The number of aliphatic hydroxyl groups excluding tert-OH is 2. The number of hydrogen-bond donors (Lipinski definition) is 2. The Labute approximate surface area is 155 Å². The minimum Gasteiger partial charge on any atom is -0.392 e. The monoisotopic (exact) mass is 357 g/mol. The molecule has 6 fully saturated rings. The lowest BCUT2D eigenvalue weighted by atomic mass is 9.43. The van der Waals surface area contributed by atoms with Crippen molar-refractivity contribution in [3.05, 3.63) is 12.2 Å². The standard InChI is InChI=1S/C22H31NO3/c1-4-23-10-20(3)6-5-17(25)22-15(20)7-13(18(22)23)21-9-12(11(2)19(21)26)14(24)8-16(21)22/h12-13,15-19,25-26H,2,4-10H2,1,3H3/t12-,13-,15+,16+,17-,18-,19+,20-,21-,22?/m0/s1. The van der Waals surface area contributed by atoms with E-state index in [1.54, 1.807) is 0 Å². The van der Waals surface area contributed by atoms with Crippen molar-refractivity contribution in [1.29, 1.82) is 0 Å². The van der Waals surface area contributed by atoms with Crippen LogP contribution < -0.4 is 0 Å². The Bertz CT molecular complexity index is 735. The molecule has 142 valence electrons. The molecule has 1 heterocycles. The molecule has 1 saturated heterocycles. The van der Waals surface area contributed by atoms with Gasteiger partial charge in [-0.05, 0) is 61.0 Å². The fraction of sp³-hybridized carbons (Fsp3) is 0.864. The van der Waals surface area contributed by atoms with Crippen LogP contribution in [0.3, 0.4) is 0 Å². The predicted molar refractivity (Wildman–Crippen MR) is 97.2 cm³/mol. The quantitative estimate of drug-likeness (QED) is 0.705. The summed E-state index contributed by atoms with van der Waals surface area (Å²) >= 11 is 0. The molecule has 10 atom stereocenters. The van der Waals surface area contributed by atoms with Crippen molar-refractivity contribution in [1.82, 2.24) is 4.90 Å². The molecule has 5 saturated carbocycles. The summed E-state index contributed by atoms with van der Waals surface area (Å²) in [4.78, 5) is 15.6. The van der Waals surface area contributed by atoms with Gasteiger partial charge in [0.15, 0.2) is 0 Å². The Balaban J connectivity index is 1.62. The summed E-state index contributed by atoms with van der Waals surface area (Å²) in [5, 5.41) is 22.8. The molecule has 0 aromatic rings. The molecule has 1 unspecified atom stereocenters. The fourth-order valence-electron chi connectivity index (χ4n) is 9.75. The molecule has 6 aliphatic rings. The van der Waals surface area contributed by atoms with Crippen LogP contribution >= 0.6 is 0 Å². The number of aliphatic hydroxyl groups is 2. The number of Topliss-reactive ketones (excluding diaryl/α,β-unsaturated/α-hetero) is 1. The Morgan fingerprint density at radius 3 is 2.81 bits per heavy atom. The van der Waals surface area contributed by atoms with Crippen molar-refractivity contribution in [3.63, 3.8) is 0 Å². The number of rotatable bonds is 1. The first-order valence-electron chi connectivity index (χ1n) is 10.6. The SMILES string of the molecule is C=C1[C@@H]2C[C@]3([C@@H]1O)[C@H]1C[C@H]4C5([C@H]1N(CC)C[C@]4(C)CC[C@@H]5O)[C@@H]3CC2=O. The zero-order valence-electron chi connectivity index (χ0n) is 15.9. The van der Waals surface area contributed by atoms with Gasteiger partial charge < -0.3 is 10.2 Å². The molecule has 0 aromatic carbocycles. The lowest BCUT2D eigenvalue weighted by molar-refractivity contribution is -0.211. The van der Waals surface area contributed by atoms with E-state index < -0.39 is 6.10 Å². The van der Waals surface area contributed by atoms with E-state index in [1.807, 2.05) is 0 Å². The molecule has 0 amide bonds. The highest BCUT2D eigenvalue weighted by molar-refractivity contribution is 5.87.